The minimum atomic E-state index is -1.17. The van der Waals surface area contributed by atoms with Crippen molar-refractivity contribution in [3.05, 3.63) is 41.8 Å². The minimum Gasteiger partial charge on any atom is -0.478 e. The zero-order chi connectivity index (χ0) is 11.7. The van der Waals surface area contributed by atoms with Crippen LogP contribution in [0.25, 0.3) is 11.3 Å². The van der Waals surface area contributed by atoms with E-state index < -0.39 is 11.8 Å². The van der Waals surface area contributed by atoms with Crippen molar-refractivity contribution in [1.82, 2.24) is 9.78 Å². The van der Waals surface area contributed by atoms with Crippen molar-refractivity contribution in [3.63, 3.8) is 0 Å². The molecule has 5 heteroatoms. The Bertz CT molecular complexity index is 549. The fraction of sp³-hybridized carbons (Fsp3) is 0.0909. The van der Waals surface area contributed by atoms with E-state index in [2.05, 4.69) is 5.10 Å². The van der Waals surface area contributed by atoms with Gasteiger partial charge in [-0.3, -0.25) is 4.68 Å². The molecule has 82 valence electrons. The number of aromatic nitrogens is 2. The number of hydrogen-bond donors (Lipinski definition) is 1. The molecule has 4 nitrogen and oxygen atoms in total. The third-order valence-electron chi connectivity index (χ3n) is 2.20. The summed E-state index contributed by atoms with van der Waals surface area (Å²) in [5.41, 5.74) is 0.841. The molecule has 1 aromatic carbocycles. The maximum Gasteiger partial charge on any atom is 0.336 e. The lowest BCUT2D eigenvalue weighted by Crippen LogP contribution is -2.01. The van der Waals surface area contributed by atoms with Crippen LogP contribution >= 0.6 is 0 Å². The number of rotatable bonds is 2. The van der Waals surface area contributed by atoms with Gasteiger partial charge in [0.1, 0.15) is 5.82 Å². The van der Waals surface area contributed by atoms with Gasteiger partial charge in [0.25, 0.3) is 0 Å². The lowest BCUT2D eigenvalue weighted by Gasteiger charge is -2.02. The van der Waals surface area contributed by atoms with Crippen molar-refractivity contribution in [2.75, 3.05) is 0 Å². The number of aromatic carboxylic acids is 1. The van der Waals surface area contributed by atoms with Crippen LogP contribution in [-0.4, -0.2) is 20.9 Å². The molecule has 0 saturated carbocycles. The quantitative estimate of drug-likeness (QED) is 0.841. The summed E-state index contributed by atoms with van der Waals surface area (Å²) in [6, 6.07) is 5.31. The molecule has 0 aliphatic carbocycles. The fourth-order valence-electron chi connectivity index (χ4n) is 1.48. The van der Waals surface area contributed by atoms with Crippen LogP contribution in [0.2, 0.25) is 0 Å². The van der Waals surface area contributed by atoms with Gasteiger partial charge in [-0.2, -0.15) is 5.10 Å². The maximum atomic E-state index is 12.9. The molecule has 1 aromatic heterocycles. The highest BCUT2D eigenvalue weighted by molar-refractivity contribution is 5.95. The normalized spacial score (nSPS) is 10.4. The van der Waals surface area contributed by atoms with E-state index in [1.807, 2.05) is 0 Å². The molecule has 0 radical (unpaired) electrons. The summed E-state index contributed by atoms with van der Waals surface area (Å²) in [6.45, 7) is 0. The maximum absolute atomic E-state index is 12.9. The lowest BCUT2D eigenvalue weighted by atomic mass is 10.0. The third kappa shape index (κ3) is 1.79. The summed E-state index contributed by atoms with van der Waals surface area (Å²) >= 11 is 0. The molecular formula is C11H9FN2O2. The smallest absolute Gasteiger partial charge is 0.336 e. The Morgan fingerprint density at radius 3 is 2.75 bits per heavy atom. The Morgan fingerprint density at radius 2 is 2.19 bits per heavy atom. The Morgan fingerprint density at radius 1 is 1.44 bits per heavy atom. The van der Waals surface area contributed by atoms with Gasteiger partial charge >= 0.3 is 5.97 Å². The van der Waals surface area contributed by atoms with Crippen LogP contribution in [0.15, 0.2) is 30.5 Å². The molecule has 1 heterocycles. The molecule has 0 bridgehead atoms. The summed E-state index contributed by atoms with van der Waals surface area (Å²) in [5.74, 6) is -1.74. The van der Waals surface area contributed by atoms with E-state index in [9.17, 15) is 9.18 Å². The van der Waals surface area contributed by atoms with Crippen LogP contribution in [0.5, 0.6) is 0 Å². The lowest BCUT2D eigenvalue weighted by molar-refractivity contribution is 0.0697. The SMILES string of the molecule is Cn1ccc(-c2ccc(F)cc2C(=O)O)n1. The van der Waals surface area contributed by atoms with Gasteiger partial charge in [0.15, 0.2) is 0 Å². The van der Waals surface area contributed by atoms with E-state index in [1.165, 1.54) is 12.1 Å². The molecule has 0 aliphatic rings. The van der Waals surface area contributed by atoms with Gasteiger partial charge in [-0.1, -0.05) is 0 Å². The van der Waals surface area contributed by atoms with Crippen LogP contribution in [-0.2, 0) is 7.05 Å². The number of carbonyl (C=O) groups is 1. The topological polar surface area (TPSA) is 55.1 Å². The van der Waals surface area contributed by atoms with Gasteiger partial charge in [0, 0.05) is 18.8 Å². The molecule has 0 fully saturated rings. The second-order valence-electron chi connectivity index (χ2n) is 3.37. The standard InChI is InChI=1S/C11H9FN2O2/c1-14-5-4-10(13-14)8-3-2-7(12)6-9(8)11(15)16/h2-6H,1H3,(H,15,16). The van der Waals surface area contributed by atoms with Crippen molar-refractivity contribution < 1.29 is 14.3 Å². The highest BCUT2D eigenvalue weighted by Gasteiger charge is 2.14. The third-order valence-corrected chi connectivity index (χ3v) is 2.20. The van der Waals surface area contributed by atoms with Crippen molar-refractivity contribution in [2.24, 2.45) is 7.05 Å². The number of halogens is 1. The first kappa shape index (κ1) is 10.4. The van der Waals surface area contributed by atoms with Gasteiger partial charge in [-0.05, 0) is 24.3 Å². The number of benzene rings is 1. The summed E-state index contributed by atoms with van der Waals surface area (Å²) in [5, 5.41) is 13.0. The van der Waals surface area contributed by atoms with Crippen molar-refractivity contribution in [3.8, 4) is 11.3 Å². The molecule has 0 spiro atoms. The molecule has 16 heavy (non-hydrogen) atoms. The first-order valence-electron chi connectivity index (χ1n) is 4.61. The van der Waals surface area contributed by atoms with Gasteiger partial charge in [0.05, 0.1) is 11.3 Å². The van der Waals surface area contributed by atoms with Crippen LogP contribution < -0.4 is 0 Å². The Labute approximate surface area is 90.9 Å². The van der Waals surface area contributed by atoms with Gasteiger partial charge in [-0.15, -0.1) is 0 Å². The fourth-order valence-corrected chi connectivity index (χ4v) is 1.48. The average Bonchev–Trinajstić information content (AvgIpc) is 2.64. The predicted molar refractivity (Wildman–Crippen MR) is 55.6 cm³/mol. The van der Waals surface area contributed by atoms with E-state index in [4.69, 9.17) is 5.11 Å². The second kappa shape index (κ2) is 3.77. The monoisotopic (exact) mass is 220 g/mol. The molecule has 0 amide bonds. The first-order valence-corrected chi connectivity index (χ1v) is 4.61. The van der Waals surface area contributed by atoms with Crippen molar-refractivity contribution in [2.45, 2.75) is 0 Å². The van der Waals surface area contributed by atoms with Gasteiger partial charge < -0.3 is 5.11 Å². The van der Waals surface area contributed by atoms with Crippen LogP contribution in [0.4, 0.5) is 4.39 Å². The molecule has 0 atom stereocenters. The molecule has 2 aromatic rings. The van der Waals surface area contributed by atoms with E-state index in [0.29, 0.717) is 11.3 Å². The number of nitrogens with zero attached hydrogens (tertiary/aromatic N) is 2. The largest absolute Gasteiger partial charge is 0.478 e. The van der Waals surface area contributed by atoms with E-state index in [-0.39, 0.29) is 5.56 Å². The van der Waals surface area contributed by atoms with Crippen molar-refractivity contribution in [1.29, 1.82) is 0 Å². The first-order chi connectivity index (χ1) is 7.58. The molecular weight excluding hydrogens is 211 g/mol. The Kier molecular flexibility index (Phi) is 2.44. The second-order valence-corrected chi connectivity index (χ2v) is 3.37. The molecule has 2 rings (SSSR count). The van der Waals surface area contributed by atoms with Gasteiger partial charge in [-0.25, -0.2) is 9.18 Å². The Hall–Kier alpha value is -2.17. The summed E-state index contributed by atoms with van der Waals surface area (Å²) in [7, 11) is 1.73. The molecule has 0 unspecified atom stereocenters. The number of carboxylic acids is 1. The van der Waals surface area contributed by atoms with E-state index >= 15 is 0 Å². The number of hydrogen-bond acceptors (Lipinski definition) is 2. The number of carboxylic acid groups (broad SMARTS) is 1. The molecule has 0 aliphatic heterocycles. The number of aryl methyl sites for hydroxylation is 1. The molecule has 0 saturated heterocycles. The highest BCUT2D eigenvalue weighted by atomic mass is 19.1. The molecule has 1 N–H and O–H groups in total. The summed E-state index contributed by atoms with van der Waals surface area (Å²) in [6.07, 6.45) is 1.70. The van der Waals surface area contributed by atoms with Gasteiger partial charge in [0.2, 0.25) is 0 Å². The van der Waals surface area contributed by atoms with E-state index in [0.717, 1.165) is 6.07 Å². The summed E-state index contributed by atoms with van der Waals surface area (Å²) < 4.78 is 14.5. The van der Waals surface area contributed by atoms with Crippen LogP contribution in [0, 0.1) is 5.82 Å². The van der Waals surface area contributed by atoms with Crippen molar-refractivity contribution >= 4 is 5.97 Å². The predicted octanol–water partition coefficient (Wildman–Crippen LogP) is 1.92. The van der Waals surface area contributed by atoms with Crippen LogP contribution in [0.3, 0.4) is 0 Å². The zero-order valence-corrected chi connectivity index (χ0v) is 8.51. The minimum absolute atomic E-state index is 0.0845. The van der Waals surface area contributed by atoms with Crippen LogP contribution in [0.1, 0.15) is 10.4 Å². The highest BCUT2D eigenvalue weighted by Crippen LogP contribution is 2.22. The Balaban J connectivity index is 2.60. The summed E-state index contributed by atoms with van der Waals surface area (Å²) in [4.78, 5) is 11.0. The average molecular weight is 220 g/mol. The van der Waals surface area contributed by atoms with E-state index in [1.54, 1.807) is 24.0 Å². The zero-order valence-electron chi connectivity index (χ0n) is 8.51.